The van der Waals surface area contributed by atoms with E-state index in [0.29, 0.717) is 0 Å². The number of carbonyl (C=O) groups is 1. The summed E-state index contributed by atoms with van der Waals surface area (Å²) < 4.78 is 15.9. The number of carbonyl (C=O) groups excluding carboxylic acids is 1. The molecule has 0 spiro atoms. The molecule has 0 saturated heterocycles. The highest BCUT2D eigenvalue weighted by Crippen LogP contribution is 2.30. The van der Waals surface area contributed by atoms with Crippen LogP contribution in [0.5, 0.6) is 0 Å². The van der Waals surface area contributed by atoms with Crippen LogP contribution in [0.25, 0.3) is 16.7 Å². The third kappa shape index (κ3) is 4.67. The molecule has 7 nitrogen and oxygen atoms in total. The maximum atomic E-state index is 14.0. The largest absolute Gasteiger partial charge is 0.367 e. The molecule has 2 aromatic carbocycles. The quantitative estimate of drug-likeness (QED) is 0.387. The number of hydrogen-bond acceptors (Lipinski definition) is 5. The second-order valence-electron chi connectivity index (χ2n) is 9.47. The molecule has 186 valence electrons. The number of fused-ring (bicyclic) bond motifs is 1. The van der Waals surface area contributed by atoms with Gasteiger partial charge in [-0.3, -0.25) is 4.79 Å². The molecule has 0 aliphatic heterocycles. The van der Waals surface area contributed by atoms with E-state index in [1.807, 2.05) is 23.7 Å². The fourth-order valence-electron chi connectivity index (χ4n) is 4.94. The second-order valence-corrected chi connectivity index (χ2v) is 9.47. The first-order valence-corrected chi connectivity index (χ1v) is 12.6. The molecule has 1 saturated carbocycles. The molecule has 4 aromatic rings. The number of nitrogens with zero attached hydrogens (tertiary/aromatic N) is 4. The lowest BCUT2D eigenvalue weighted by molar-refractivity contribution is 0.0922. The molecule has 1 aliphatic rings. The topological polar surface area (TPSA) is 84.7 Å². The highest BCUT2D eigenvalue weighted by atomic mass is 19.1. The van der Waals surface area contributed by atoms with Crippen molar-refractivity contribution in [3.63, 3.8) is 0 Å². The van der Waals surface area contributed by atoms with Gasteiger partial charge in [-0.15, -0.1) is 0 Å². The van der Waals surface area contributed by atoms with E-state index in [1.54, 1.807) is 12.1 Å². The summed E-state index contributed by atoms with van der Waals surface area (Å²) in [6.45, 7) is 6.12. The maximum Gasteiger partial charge on any atom is 0.254 e. The van der Waals surface area contributed by atoms with Gasteiger partial charge in [-0.25, -0.2) is 19.0 Å². The Balaban J connectivity index is 1.34. The molecule has 2 N–H and O–H groups in total. The van der Waals surface area contributed by atoms with E-state index in [1.165, 1.54) is 12.1 Å². The molecular weight excluding hydrogens is 455 g/mol. The van der Waals surface area contributed by atoms with Gasteiger partial charge in [0.05, 0.1) is 22.3 Å². The first kappa shape index (κ1) is 23.9. The number of nitrogens with one attached hydrogen (secondary N) is 2. The smallest absolute Gasteiger partial charge is 0.254 e. The molecule has 8 heteroatoms. The molecular formula is C28H31FN6O. The summed E-state index contributed by atoms with van der Waals surface area (Å²) in [4.78, 5) is 22.2. The normalized spacial score (nSPS) is 17.8. The highest BCUT2D eigenvalue weighted by Gasteiger charge is 2.26. The van der Waals surface area contributed by atoms with Gasteiger partial charge >= 0.3 is 0 Å². The van der Waals surface area contributed by atoms with Gasteiger partial charge in [0.25, 0.3) is 5.91 Å². The van der Waals surface area contributed by atoms with Gasteiger partial charge in [0, 0.05) is 18.5 Å². The summed E-state index contributed by atoms with van der Waals surface area (Å²) in [5.41, 5.74) is 3.91. The highest BCUT2D eigenvalue weighted by molar-refractivity contribution is 5.94. The Morgan fingerprint density at radius 1 is 1.00 bits per heavy atom. The number of para-hydroxylation sites is 1. The van der Waals surface area contributed by atoms with Crippen LogP contribution in [0.3, 0.4) is 0 Å². The molecule has 0 bridgehead atoms. The fraction of sp³-hybridized carbons (Fsp3) is 0.357. The Morgan fingerprint density at radius 3 is 2.42 bits per heavy atom. The number of benzene rings is 2. The van der Waals surface area contributed by atoms with Gasteiger partial charge in [0.2, 0.25) is 0 Å². The van der Waals surface area contributed by atoms with Crippen LogP contribution >= 0.6 is 0 Å². The predicted octanol–water partition coefficient (Wildman–Crippen LogP) is 5.29. The van der Waals surface area contributed by atoms with Crippen molar-refractivity contribution in [2.24, 2.45) is 0 Å². The molecule has 0 unspecified atom stereocenters. The molecule has 36 heavy (non-hydrogen) atoms. The summed E-state index contributed by atoms with van der Waals surface area (Å²) in [6, 6.07) is 14.5. The van der Waals surface area contributed by atoms with Crippen molar-refractivity contribution >= 4 is 22.8 Å². The number of anilines is 1. The number of hydrogen-bond donors (Lipinski definition) is 2. The number of aryl methyl sites for hydroxylation is 3. The van der Waals surface area contributed by atoms with E-state index in [2.05, 4.69) is 36.6 Å². The Morgan fingerprint density at radius 2 is 1.69 bits per heavy atom. The zero-order valence-electron chi connectivity index (χ0n) is 20.9. The van der Waals surface area contributed by atoms with Crippen LogP contribution in [0.4, 0.5) is 10.2 Å². The summed E-state index contributed by atoms with van der Waals surface area (Å²) in [5.74, 6) is 0.735. The van der Waals surface area contributed by atoms with Gasteiger partial charge in [-0.2, -0.15) is 5.10 Å². The molecule has 1 fully saturated rings. The second kappa shape index (κ2) is 10.0. The van der Waals surface area contributed by atoms with Crippen LogP contribution in [0.2, 0.25) is 0 Å². The Kier molecular flexibility index (Phi) is 6.67. The zero-order valence-corrected chi connectivity index (χ0v) is 20.9. The Labute approximate surface area is 210 Å². The third-order valence-electron chi connectivity index (χ3n) is 6.93. The maximum absolute atomic E-state index is 14.0. The summed E-state index contributed by atoms with van der Waals surface area (Å²) >= 11 is 0. The van der Waals surface area contributed by atoms with E-state index in [4.69, 9.17) is 15.1 Å². The number of halogens is 1. The lowest BCUT2D eigenvalue weighted by Crippen LogP contribution is -2.40. The van der Waals surface area contributed by atoms with Crippen molar-refractivity contribution < 1.29 is 9.18 Å². The van der Waals surface area contributed by atoms with E-state index < -0.39 is 5.82 Å². The van der Waals surface area contributed by atoms with E-state index in [0.717, 1.165) is 71.7 Å². The predicted molar refractivity (Wildman–Crippen MR) is 139 cm³/mol. The van der Waals surface area contributed by atoms with Crippen molar-refractivity contribution in [2.45, 2.75) is 65.0 Å². The first-order valence-electron chi connectivity index (χ1n) is 12.6. The Hall–Kier alpha value is -3.81. The molecule has 0 atom stereocenters. The molecule has 2 aromatic heterocycles. The molecule has 2 heterocycles. The van der Waals surface area contributed by atoms with Crippen LogP contribution in [0.15, 0.2) is 48.5 Å². The molecule has 1 aliphatic carbocycles. The summed E-state index contributed by atoms with van der Waals surface area (Å²) in [7, 11) is 0. The van der Waals surface area contributed by atoms with E-state index in [9.17, 15) is 9.18 Å². The fourth-order valence-corrected chi connectivity index (χ4v) is 4.94. The van der Waals surface area contributed by atoms with Crippen LogP contribution in [0.1, 0.15) is 60.0 Å². The number of rotatable bonds is 6. The minimum atomic E-state index is -0.494. The minimum Gasteiger partial charge on any atom is -0.367 e. The van der Waals surface area contributed by atoms with Crippen molar-refractivity contribution in [3.8, 4) is 5.69 Å². The SMILES string of the molecule is CCc1nc(NC2CCC(NC(=O)c3ccccc3F)CC2)c2c(C)nn(-c3ccccc3C)c2n1. The summed E-state index contributed by atoms with van der Waals surface area (Å²) in [5, 5.41) is 12.4. The van der Waals surface area contributed by atoms with Crippen LogP contribution in [-0.4, -0.2) is 37.7 Å². The zero-order chi connectivity index (χ0) is 25.2. The first-order chi connectivity index (χ1) is 17.4. The van der Waals surface area contributed by atoms with Crippen molar-refractivity contribution in [1.82, 2.24) is 25.1 Å². The molecule has 0 radical (unpaired) electrons. The molecule has 5 rings (SSSR count). The number of aromatic nitrogens is 4. The van der Waals surface area contributed by atoms with Gasteiger partial charge < -0.3 is 10.6 Å². The lowest BCUT2D eigenvalue weighted by atomic mass is 9.91. The van der Waals surface area contributed by atoms with Crippen LogP contribution < -0.4 is 10.6 Å². The van der Waals surface area contributed by atoms with Gasteiger partial charge in [-0.1, -0.05) is 37.3 Å². The van der Waals surface area contributed by atoms with Crippen molar-refractivity contribution in [2.75, 3.05) is 5.32 Å². The molecule has 1 amide bonds. The van der Waals surface area contributed by atoms with E-state index in [-0.39, 0.29) is 23.6 Å². The van der Waals surface area contributed by atoms with Gasteiger partial charge in [0.15, 0.2) is 5.65 Å². The Bertz CT molecular complexity index is 1410. The van der Waals surface area contributed by atoms with E-state index >= 15 is 0 Å². The third-order valence-corrected chi connectivity index (χ3v) is 6.93. The van der Waals surface area contributed by atoms with Crippen LogP contribution in [-0.2, 0) is 6.42 Å². The average Bonchev–Trinajstić information content (AvgIpc) is 3.21. The van der Waals surface area contributed by atoms with Crippen molar-refractivity contribution in [3.05, 3.63) is 77.0 Å². The van der Waals surface area contributed by atoms with Crippen LogP contribution in [0, 0.1) is 19.7 Å². The summed E-state index contributed by atoms with van der Waals surface area (Å²) in [6.07, 6.45) is 4.10. The standard InChI is InChI=1S/C28H31FN6O/c1-4-24-32-26(25-18(3)34-35(27(25)33-24)23-12-8-5-9-17(23)2)30-19-13-15-20(16-14-19)31-28(36)21-10-6-7-11-22(21)29/h5-12,19-20H,4,13-16H2,1-3H3,(H,31,36)(H,30,32,33). The van der Waals surface area contributed by atoms with Gasteiger partial charge in [0.1, 0.15) is 17.5 Å². The number of amides is 1. The monoisotopic (exact) mass is 486 g/mol. The van der Waals surface area contributed by atoms with Gasteiger partial charge in [-0.05, 0) is 63.3 Å². The minimum absolute atomic E-state index is 0.0253. The van der Waals surface area contributed by atoms with Crippen molar-refractivity contribution in [1.29, 1.82) is 0 Å². The lowest BCUT2D eigenvalue weighted by Gasteiger charge is -2.30. The average molecular weight is 487 g/mol.